The normalized spacial score (nSPS) is 19.6. The summed E-state index contributed by atoms with van der Waals surface area (Å²) in [7, 11) is -3.75. The molecule has 32 heavy (non-hydrogen) atoms. The monoisotopic (exact) mass is 457 g/mol. The first-order chi connectivity index (χ1) is 15.1. The molecule has 1 fully saturated rings. The van der Waals surface area contributed by atoms with Gasteiger partial charge in [0.1, 0.15) is 5.75 Å². The van der Waals surface area contributed by atoms with Crippen LogP contribution in [0.3, 0.4) is 0 Å². The first-order valence-electron chi connectivity index (χ1n) is 10.6. The first kappa shape index (κ1) is 22.3. The maximum Gasteiger partial charge on any atom is 0.265 e. The Bertz CT molecular complexity index is 1170. The number of anilines is 2. The van der Waals surface area contributed by atoms with E-state index in [2.05, 4.69) is 10.6 Å². The molecule has 2 heterocycles. The Kier molecular flexibility index (Phi) is 5.96. The van der Waals surface area contributed by atoms with Gasteiger partial charge in [-0.2, -0.15) is 4.31 Å². The fourth-order valence-corrected chi connectivity index (χ4v) is 5.46. The molecular weight excluding hydrogens is 430 g/mol. The number of hydrogen-bond acceptors (Lipinski definition) is 5. The van der Waals surface area contributed by atoms with Crippen LogP contribution < -0.4 is 15.4 Å². The van der Waals surface area contributed by atoms with Crippen molar-refractivity contribution in [2.75, 3.05) is 23.7 Å². The van der Waals surface area contributed by atoms with Gasteiger partial charge in [0.05, 0.1) is 10.6 Å². The number of rotatable bonds is 4. The van der Waals surface area contributed by atoms with Gasteiger partial charge in [0.15, 0.2) is 6.10 Å². The van der Waals surface area contributed by atoms with E-state index in [-0.39, 0.29) is 35.7 Å². The Hall–Kier alpha value is -2.91. The second-order valence-electron chi connectivity index (χ2n) is 8.39. The lowest BCUT2D eigenvalue weighted by molar-refractivity contribution is -0.123. The molecule has 2 aromatic rings. The van der Waals surface area contributed by atoms with Crippen molar-refractivity contribution in [1.82, 2.24) is 4.31 Å². The Morgan fingerprint density at radius 2 is 1.84 bits per heavy atom. The molecule has 4 rings (SSSR count). The summed E-state index contributed by atoms with van der Waals surface area (Å²) in [4.78, 5) is 24.7. The number of carbonyl (C=O) groups is 2. The van der Waals surface area contributed by atoms with Gasteiger partial charge in [-0.3, -0.25) is 9.59 Å². The van der Waals surface area contributed by atoms with Gasteiger partial charge in [-0.1, -0.05) is 12.1 Å². The van der Waals surface area contributed by atoms with Crippen molar-refractivity contribution in [2.24, 2.45) is 5.92 Å². The molecular formula is C23H27N3O5S. The molecule has 1 saturated heterocycles. The van der Waals surface area contributed by atoms with Crippen LogP contribution in [0.2, 0.25) is 0 Å². The van der Waals surface area contributed by atoms with E-state index in [0.717, 1.165) is 16.8 Å². The third-order valence-corrected chi connectivity index (χ3v) is 7.89. The number of carbonyl (C=O) groups excluding carboxylic acids is 2. The van der Waals surface area contributed by atoms with Gasteiger partial charge in [-0.25, -0.2) is 8.42 Å². The van der Waals surface area contributed by atoms with E-state index in [9.17, 15) is 18.0 Å². The number of piperidine rings is 1. The maximum atomic E-state index is 13.1. The second kappa shape index (κ2) is 8.55. The number of ether oxygens (including phenoxy) is 1. The third-order valence-electron chi connectivity index (χ3n) is 6.00. The highest BCUT2D eigenvalue weighted by Crippen LogP contribution is 2.33. The Labute approximate surface area is 188 Å². The zero-order valence-electron chi connectivity index (χ0n) is 18.3. The fraction of sp³-hybridized carbons (Fsp3) is 0.391. The predicted octanol–water partition coefficient (Wildman–Crippen LogP) is 3.06. The van der Waals surface area contributed by atoms with Crippen LogP contribution in [0.4, 0.5) is 11.4 Å². The van der Waals surface area contributed by atoms with E-state index in [1.165, 1.54) is 16.4 Å². The number of sulfonamides is 1. The van der Waals surface area contributed by atoms with Gasteiger partial charge in [0.2, 0.25) is 15.9 Å². The zero-order chi connectivity index (χ0) is 23.0. The molecule has 8 nitrogen and oxygen atoms in total. The first-order valence-corrected chi connectivity index (χ1v) is 12.1. The molecule has 170 valence electrons. The molecule has 0 spiro atoms. The standard InChI is InChI=1S/C23H27N3O5S/c1-14-4-5-15(2)19(12-14)24-23(28)17-8-10-26(11-9-17)32(29,30)18-6-7-21-20(13-18)25-22(27)16(3)31-21/h4-7,12-13,16-17H,8-11H2,1-3H3,(H,24,28)(H,25,27)/t16-/m0/s1. The third kappa shape index (κ3) is 4.35. The molecule has 2 aliphatic heterocycles. The highest BCUT2D eigenvalue weighted by Gasteiger charge is 2.33. The van der Waals surface area contributed by atoms with Crippen molar-refractivity contribution >= 4 is 33.2 Å². The summed E-state index contributed by atoms with van der Waals surface area (Å²) in [6.45, 7) is 6.05. The van der Waals surface area contributed by atoms with Crippen LogP contribution in [-0.2, 0) is 19.6 Å². The zero-order valence-corrected chi connectivity index (χ0v) is 19.2. The van der Waals surface area contributed by atoms with Crippen LogP contribution in [-0.4, -0.2) is 43.7 Å². The Balaban J connectivity index is 1.42. The van der Waals surface area contributed by atoms with E-state index in [4.69, 9.17) is 4.74 Å². The average Bonchev–Trinajstić information content (AvgIpc) is 2.76. The summed E-state index contributed by atoms with van der Waals surface area (Å²) in [5.74, 6) is -0.210. The lowest BCUT2D eigenvalue weighted by atomic mass is 9.97. The number of hydrogen-bond donors (Lipinski definition) is 2. The molecule has 2 aromatic carbocycles. The smallest absolute Gasteiger partial charge is 0.265 e. The van der Waals surface area contributed by atoms with Crippen LogP contribution >= 0.6 is 0 Å². The second-order valence-corrected chi connectivity index (χ2v) is 10.3. The summed E-state index contributed by atoms with van der Waals surface area (Å²) in [5, 5.41) is 5.67. The predicted molar refractivity (Wildman–Crippen MR) is 121 cm³/mol. The number of aryl methyl sites for hydroxylation is 2. The molecule has 2 N–H and O–H groups in total. The van der Waals surface area contributed by atoms with Crippen molar-refractivity contribution in [3.05, 3.63) is 47.5 Å². The van der Waals surface area contributed by atoms with Crippen LogP contribution in [0, 0.1) is 19.8 Å². The van der Waals surface area contributed by atoms with Gasteiger partial charge in [0, 0.05) is 24.7 Å². The van der Waals surface area contributed by atoms with Gasteiger partial charge >= 0.3 is 0 Å². The van der Waals surface area contributed by atoms with E-state index in [1.807, 2.05) is 32.0 Å². The van der Waals surface area contributed by atoms with Crippen molar-refractivity contribution in [3.63, 3.8) is 0 Å². The number of benzene rings is 2. The summed E-state index contributed by atoms with van der Waals surface area (Å²) in [6, 6.07) is 10.4. The van der Waals surface area contributed by atoms with E-state index < -0.39 is 16.1 Å². The average molecular weight is 458 g/mol. The summed E-state index contributed by atoms with van der Waals surface area (Å²) in [6.07, 6.45) is 0.259. The van der Waals surface area contributed by atoms with Crippen molar-refractivity contribution in [3.8, 4) is 5.75 Å². The topological polar surface area (TPSA) is 105 Å². The molecule has 9 heteroatoms. The highest BCUT2D eigenvalue weighted by molar-refractivity contribution is 7.89. The van der Waals surface area contributed by atoms with Gasteiger partial charge < -0.3 is 15.4 Å². The molecule has 0 aliphatic carbocycles. The summed E-state index contributed by atoms with van der Waals surface area (Å²) in [5.41, 5.74) is 3.18. The molecule has 0 aromatic heterocycles. The minimum atomic E-state index is -3.75. The minimum absolute atomic E-state index is 0.0847. The summed E-state index contributed by atoms with van der Waals surface area (Å²) < 4.78 is 33.2. The molecule has 2 aliphatic rings. The minimum Gasteiger partial charge on any atom is -0.479 e. The van der Waals surface area contributed by atoms with Crippen molar-refractivity contribution in [2.45, 2.75) is 44.6 Å². The van der Waals surface area contributed by atoms with Gasteiger partial charge in [-0.05, 0) is 69.0 Å². The molecule has 0 bridgehead atoms. The van der Waals surface area contributed by atoms with E-state index in [0.29, 0.717) is 24.3 Å². The van der Waals surface area contributed by atoms with Crippen molar-refractivity contribution in [1.29, 1.82) is 0 Å². The Morgan fingerprint density at radius 3 is 2.56 bits per heavy atom. The fourth-order valence-electron chi connectivity index (χ4n) is 3.96. The van der Waals surface area contributed by atoms with E-state index >= 15 is 0 Å². The maximum absolute atomic E-state index is 13.1. The van der Waals surface area contributed by atoms with Gasteiger partial charge in [-0.15, -0.1) is 0 Å². The highest BCUT2D eigenvalue weighted by atomic mass is 32.2. The van der Waals surface area contributed by atoms with Crippen LogP contribution in [0.25, 0.3) is 0 Å². The molecule has 1 atom stereocenters. The Morgan fingerprint density at radius 1 is 1.12 bits per heavy atom. The molecule has 2 amide bonds. The molecule has 0 unspecified atom stereocenters. The van der Waals surface area contributed by atoms with E-state index in [1.54, 1.807) is 13.0 Å². The van der Waals surface area contributed by atoms with Crippen molar-refractivity contribution < 1.29 is 22.7 Å². The van der Waals surface area contributed by atoms with Gasteiger partial charge in [0.25, 0.3) is 5.91 Å². The molecule has 0 saturated carbocycles. The lowest BCUT2D eigenvalue weighted by Crippen LogP contribution is -2.41. The summed E-state index contributed by atoms with van der Waals surface area (Å²) >= 11 is 0. The number of amides is 2. The largest absolute Gasteiger partial charge is 0.479 e. The SMILES string of the molecule is Cc1ccc(C)c(NC(=O)C2CCN(S(=O)(=O)c3ccc4c(c3)NC(=O)[C@H](C)O4)CC2)c1. The van der Waals surface area contributed by atoms with Crippen LogP contribution in [0.1, 0.15) is 30.9 Å². The van der Waals surface area contributed by atoms with Crippen LogP contribution in [0.15, 0.2) is 41.3 Å². The number of nitrogens with zero attached hydrogens (tertiary/aromatic N) is 1. The molecule has 0 radical (unpaired) electrons. The number of fused-ring (bicyclic) bond motifs is 1. The lowest BCUT2D eigenvalue weighted by Gasteiger charge is -2.31. The van der Waals surface area contributed by atoms with Crippen LogP contribution in [0.5, 0.6) is 5.75 Å². The number of nitrogens with one attached hydrogen (secondary N) is 2. The quantitative estimate of drug-likeness (QED) is 0.734.